The number of fused-ring (bicyclic) bond motifs is 1. The first-order valence-electron chi connectivity index (χ1n) is 5.72. The Hall–Kier alpha value is -2.57. The molecule has 7 heteroatoms. The molecule has 20 heavy (non-hydrogen) atoms. The average Bonchev–Trinajstić information content (AvgIpc) is 2.76. The van der Waals surface area contributed by atoms with Crippen molar-refractivity contribution in [3.8, 4) is 11.3 Å². The predicted octanol–water partition coefficient (Wildman–Crippen LogP) is 3.00. The molecule has 0 amide bonds. The van der Waals surface area contributed by atoms with Crippen LogP contribution >= 0.6 is 0 Å². The number of imidazole rings is 1. The summed E-state index contributed by atoms with van der Waals surface area (Å²) in [5.41, 5.74) is 6.47. The van der Waals surface area contributed by atoms with Gasteiger partial charge in [0, 0.05) is 24.2 Å². The number of nitrogens with two attached hydrogens (primary N) is 1. The van der Waals surface area contributed by atoms with Gasteiger partial charge in [0.1, 0.15) is 17.2 Å². The maximum absolute atomic E-state index is 12.7. The lowest BCUT2D eigenvalue weighted by molar-refractivity contribution is -0.137. The third-order valence-electron chi connectivity index (χ3n) is 2.94. The van der Waals surface area contributed by atoms with Crippen molar-refractivity contribution in [3.05, 3.63) is 48.4 Å². The average molecular weight is 278 g/mol. The molecule has 2 N–H and O–H groups in total. The lowest BCUT2D eigenvalue weighted by Gasteiger charge is -2.06. The van der Waals surface area contributed by atoms with Crippen molar-refractivity contribution in [1.82, 2.24) is 14.4 Å². The van der Waals surface area contributed by atoms with Gasteiger partial charge in [-0.25, -0.2) is 4.98 Å². The summed E-state index contributed by atoms with van der Waals surface area (Å²) in [5.74, 6) is 0.292. The van der Waals surface area contributed by atoms with Crippen LogP contribution in [0.3, 0.4) is 0 Å². The number of nitrogens with zero attached hydrogens (tertiary/aromatic N) is 3. The van der Waals surface area contributed by atoms with E-state index in [0.29, 0.717) is 17.1 Å². The van der Waals surface area contributed by atoms with E-state index in [2.05, 4.69) is 9.97 Å². The number of nitrogen functional groups attached to an aromatic ring is 1. The Kier molecular flexibility index (Phi) is 2.63. The molecular formula is C13H9F3N4. The SMILES string of the molecule is Nc1c(-c2ccncc2)nc2cc(C(F)(F)F)ccn12. The number of hydrogen-bond donors (Lipinski definition) is 1. The van der Waals surface area contributed by atoms with E-state index >= 15 is 0 Å². The summed E-state index contributed by atoms with van der Waals surface area (Å²) in [7, 11) is 0. The zero-order chi connectivity index (χ0) is 14.3. The summed E-state index contributed by atoms with van der Waals surface area (Å²) in [5, 5.41) is 0. The first-order valence-corrected chi connectivity index (χ1v) is 5.72. The van der Waals surface area contributed by atoms with E-state index in [-0.39, 0.29) is 5.65 Å². The molecule has 3 heterocycles. The first kappa shape index (κ1) is 12.5. The number of pyridine rings is 2. The van der Waals surface area contributed by atoms with Crippen molar-refractivity contribution in [2.24, 2.45) is 0 Å². The highest BCUT2D eigenvalue weighted by molar-refractivity contribution is 5.74. The van der Waals surface area contributed by atoms with Crippen LogP contribution in [0.1, 0.15) is 5.56 Å². The van der Waals surface area contributed by atoms with Crippen molar-refractivity contribution in [3.63, 3.8) is 0 Å². The lowest BCUT2D eigenvalue weighted by atomic mass is 10.2. The second-order valence-electron chi connectivity index (χ2n) is 4.22. The Morgan fingerprint density at radius 2 is 1.80 bits per heavy atom. The zero-order valence-electron chi connectivity index (χ0n) is 10.1. The molecule has 0 saturated carbocycles. The van der Waals surface area contributed by atoms with Crippen LogP contribution in [0.15, 0.2) is 42.9 Å². The van der Waals surface area contributed by atoms with Gasteiger partial charge >= 0.3 is 6.18 Å². The lowest BCUT2D eigenvalue weighted by Crippen LogP contribution is -2.05. The minimum absolute atomic E-state index is 0.157. The molecule has 4 nitrogen and oxygen atoms in total. The van der Waals surface area contributed by atoms with Gasteiger partial charge in [0.2, 0.25) is 0 Å². The van der Waals surface area contributed by atoms with Gasteiger partial charge < -0.3 is 5.73 Å². The minimum atomic E-state index is -4.40. The minimum Gasteiger partial charge on any atom is -0.383 e. The van der Waals surface area contributed by atoms with Gasteiger partial charge in [-0.3, -0.25) is 9.38 Å². The second kappa shape index (κ2) is 4.22. The van der Waals surface area contributed by atoms with E-state index in [0.717, 1.165) is 12.1 Å². The van der Waals surface area contributed by atoms with Crippen LogP contribution in [0, 0.1) is 0 Å². The standard InChI is InChI=1S/C13H9F3N4/c14-13(15,16)9-3-6-20-10(7-9)19-11(12(20)17)8-1-4-18-5-2-8/h1-7H,17H2. The smallest absolute Gasteiger partial charge is 0.383 e. The summed E-state index contributed by atoms with van der Waals surface area (Å²) in [6.45, 7) is 0. The van der Waals surface area contributed by atoms with Crippen molar-refractivity contribution < 1.29 is 13.2 Å². The highest BCUT2D eigenvalue weighted by Crippen LogP contribution is 2.32. The number of hydrogen-bond acceptors (Lipinski definition) is 3. The number of aromatic nitrogens is 3. The molecule has 0 fully saturated rings. The molecule has 0 aliphatic rings. The van der Waals surface area contributed by atoms with E-state index in [9.17, 15) is 13.2 Å². The van der Waals surface area contributed by atoms with Crippen LogP contribution in [0.5, 0.6) is 0 Å². The van der Waals surface area contributed by atoms with E-state index < -0.39 is 11.7 Å². The molecular weight excluding hydrogens is 269 g/mol. The van der Waals surface area contributed by atoms with E-state index in [1.165, 1.54) is 10.6 Å². The highest BCUT2D eigenvalue weighted by atomic mass is 19.4. The molecule has 3 rings (SSSR count). The second-order valence-corrected chi connectivity index (χ2v) is 4.22. The molecule has 102 valence electrons. The van der Waals surface area contributed by atoms with Gasteiger partial charge in [-0.2, -0.15) is 13.2 Å². The van der Waals surface area contributed by atoms with Crippen molar-refractivity contribution in [2.75, 3.05) is 5.73 Å². The van der Waals surface area contributed by atoms with Crippen LogP contribution in [0.4, 0.5) is 19.0 Å². The molecule has 0 spiro atoms. The van der Waals surface area contributed by atoms with Crippen LogP contribution in [0.2, 0.25) is 0 Å². The molecule has 0 radical (unpaired) electrons. The summed E-state index contributed by atoms with van der Waals surface area (Å²) in [6.07, 6.45) is 0.00430. The Morgan fingerprint density at radius 3 is 2.45 bits per heavy atom. The van der Waals surface area contributed by atoms with Gasteiger partial charge in [-0.1, -0.05) is 0 Å². The normalized spacial score (nSPS) is 11.9. The molecule has 0 aromatic carbocycles. The van der Waals surface area contributed by atoms with Gasteiger partial charge in [0.05, 0.1) is 5.56 Å². The van der Waals surface area contributed by atoms with Crippen LogP contribution in [-0.2, 0) is 6.18 Å². The molecule has 0 saturated heterocycles. The maximum Gasteiger partial charge on any atom is 0.416 e. The Balaban J connectivity index is 2.20. The van der Waals surface area contributed by atoms with Gasteiger partial charge in [-0.05, 0) is 24.3 Å². The molecule has 0 atom stereocenters. The molecule has 0 aliphatic carbocycles. The Bertz CT molecular complexity index is 762. The molecule has 0 unspecified atom stereocenters. The van der Waals surface area contributed by atoms with Gasteiger partial charge in [0.15, 0.2) is 0 Å². The maximum atomic E-state index is 12.7. The molecule has 0 bridgehead atoms. The molecule has 3 aromatic rings. The molecule has 0 aliphatic heterocycles. The van der Waals surface area contributed by atoms with Crippen LogP contribution in [-0.4, -0.2) is 14.4 Å². The summed E-state index contributed by atoms with van der Waals surface area (Å²) in [4.78, 5) is 8.04. The zero-order valence-corrected chi connectivity index (χ0v) is 10.1. The number of rotatable bonds is 1. The third kappa shape index (κ3) is 1.97. The fraction of sp³-hybridized carbons (Fsp3) is 0.0769. The van der Waals surface area contributed by atoms with Crippen molar-refractivity contribution >= 4 is 11.5 Å². The van der Waals surface area contributed by atoms with E-state index in [1.54, 1.807) is 24.5 Å². The fourth-order valence-corrected chi connectivity index (χ4v) is 1.96. The van der Waals surface area contributed by atoms with E-state index in [1.807, 2.05) is 0 Å². The monoisotopic (exact) mass is 278 g/mol. The Morgan fingerprint density at radius 1 is 1.10 bits per heavy atom. The third-order valence-corrected chi connectivity index (χ3v) is 2.94. The van der Waals surface area contributed by atoms with Crippen LogP contribution in [0.25, 0.3) is 16.9 Å². The number of halogens is 3. The van der Waals surface area contributed by atoms with Gasteiger partial charge in [-0.15, -0.1) is 0 Å². The number of anilines is 1. The van der Waals surface area contributed by atoms with Gasteiger partial charge in [0.25, 0.3) is 0 Å². The fourth-order valence-electron chi connectivity index (χ4n) is 1.96. The van der Waals surface area contributed by atoms with E-state index in [4.69, 9.17) is 5.73 Å². The highest BCUT2D eigenvalue weighted by Gasteiger charge is 2.31. The summed E-state index contributed by atoms with van der Waals surface area (Å²) in [6, 6.07) is 5.34. The largest absolute Gasteiger partial charge is 0.416 e. The summed E-state index contributed by atoms with van der Waals surface area (Å²) < 4.78 is 39.4. The predicted molar refractivity (Wildman–Crippen MR) is 67.8 cm³/mol. The van der Waals surface area contributed by atoms with Crippen LogP contribution < -0.4 is 5.73 Å². The number of alkyl halides is 3. The quantitative estimate of drug-likeness (QED) is 0.744. The molecule has 3 aromatic heterocycles. The van der Waals surface area contributed by atoms with Crippen molar-refractivity contribution in [2.45, 2.75) is 6.18 Å². The Labute approximate surface area is 111 Å². The summed E-state index contributed by atoms with van der Waals surface area (Å²) >= 11 is 0. The van der Waals surface area contributed by atoms with Crippen molar-refractivity contribution in [1.29, 1.82) is 0 Å². The topological polar surface area (TPSA) is 56.2 Å². The first-order chi connectivity index (χ1) is 9.47.